The van der Waals surface area contributed by atoms with Gasteiger partial charge in [0.05, 0.1) is 6.10 Å². The van der Waals surface area contributed by atoms with Gasteiger partial charge in [-0.05, 0) is 26.2 Å². The van der Waals surface area contributed by atoms with E-state index in [-0.39, 0.29) is 12.1 Å². The van der Waals surface area contributed by atoms with E-state index in [9.17, 15) is 0 Å². The highest BCUT2D eigenvalue weighted by atomic mass is 16.5. The number of methoxy groups -OCH3 is 1. The van der Waals surface area contributed by atoms with Crippen LogP contribution in [-0.2, 0) is 4.74 Å². The lowest BCUT2D eigenvalue weighted by atomic mass is 10.0. The molecule has 0 fully saturated rings. The molecule has 0 rings (SSSR count). The van der Waals surface area contributed by atoms with Crippen molar-refractivity contribution in [1.29, 1.82) is 0 Å². The summed E-state index contributed by atoms with van der Waals surface area (Å²) in [5, 5.41) is 0. The number of unbranched alkanes of at least 4 members (excludes halogenated alkanes) is 1. The first-order valence-corrected chi connectivity index (χ1v) is 4.42. The van der Waals surface area contributed by atoms with E-state index in [4.69, 9.17) is 16.9 Å². The van der Waals surface area contributed by atoms with Gasteiger partial charge in [-0.2, -0.15) is 0 Å². The molecule has 0 radical (unpaired) electrons. The molecule has 2 unspecified atom stereocenters. The Bertz CT molecular complexity index is 139. The summed E-state index contributed by atoms with van der Waals surface area (Å²) in [6, 6.07) is 0.230. The fraction of sp³-hybridized carbons (Fsp3) is 0.800. The second-order valence-corrected chi connectivity index (χ2v) is 3.14. The molecule has 0 saturated heterocycles. The summed E-state index contributed by atoms with van der Waals surface area (Å²) in [6.45, 7) is 2.03. The first kappa shape index (κ1) is 11.5. The minimum atomic E-state index is 0.230. The molecule has 70 valence electrons. The third kappa shape index (κ3) is 6.21. The maximum absolute atomic E-state index is 5.84. The predicted molar refractivity (Wildman–Crippen MR) is 51.7 cm³/mol. The summed E-state index contributed by atoms with van der Waals surface area (Å²) >= 11 is 0. The minimum absolute atomic E-state index is 0.230. The van der Waals surface area contributed by atoms with Crippen molar-refractivity contribution in [3.8, 4) is 12.3 Å². The SMILES string of the molecule is C#CCCCC(N)CC(C)OC. The van der Waals surface area contributed by atoms with Crippen LogP contribution in [0.25, 0.3) is 0 Å². The van der Waals surface area contributed by atoms with Crippen molar-refractivity contribution >= 4 is 0 Å². The van der Waals surface area contributed by atoms with Crippen LogP contribution in [0.2, 0.25) is 0 Å². The molecule has 2 heteroatoms. The van der Waals surface area contributed by atoms with Crippen molar-refractivity contribution < 1.29 is 4.74 Å². The molecule has 0 spiro atoms. The summed E-state index contributed by atoms with van der Waals surface area (Å²) < 4.78 is 5.11. The van der Waals surface area contributed by atoms with Crippen LogP contribution in [0, 0.1) is 12.3 Å². The number of terminal acetylenes is 1. The van der Waals surface area contributed by atoms with Crippen LogP contribution in [0.5, 0.6) is 0 Å². The molecule has 2 N–H and O–H groups in total. The van der Waals surface area contributed by atoms with Crippen LogP contribution in [0.15, 0.2) is 0 Å². The van der Waals surface area contributed by atoms with Gasteiger partial charge in [0.2, 0.25) is 0 Å². The Kier molecular flexibility index (Phi) is 6.84. The van der Waals surface area contributed by atoms with E-state index in [1.165, 1.54) is 0 Å². The van der Waals surface area contributed by atoms with Gasteiger partial charge in [-0.1, -0.05) is 0 Å². The first-order chi connectivity index (χ1) is 5.70. The summed E-state index contributed by atoms with van der Waals surface area (Å²) in [5.41, 5.74) is 5.84. The van der Waals surface area contributed by atoms with Gasteiger partial charge in [0, 0.05) is 19.6 Å². The molecule has 2 atom stereocenters. The van der Waals surface area contributed by atoms with Crippen LogP contribution < -0.4 is 5.73 Å². The van der Waals surface area contributed by atoms with Crippen LogP contribution in [-0.4, -0.2) is 19.3 Å². The molecule has 0 aliphatic rings. The van der Waals surface area contributed by atoms with Gasteiger partial charge >= 0.3 is 0 Å². The monoisotopic (exact) mass is 169 g/mol. The van der Waals surface area contributed by atoms with Crippen LogP contribution >= 0.6 is 0 Å². The van der Waals surface area contributed by atoms with Crippen molar-refractivity contribution in [3.63, 3.8) is 0 Å². The van der Waals surface area contributed by atoms with E-state index in [2.05, 4.69) is 5.92 Å². The summed E-state index contributed by atoms with van der Waals surface area (Å²) in [6.07, 6.45) is 9.15. The molecule has 0 aliphatic carbocycles. The molecule has 0 amide bonds. The molecule has 0 aromatic carbocycles. The standard InChI is InChI=1S/C10H19NO/c1-4-5-6-7-10(11)8-9(2)12-3/h1,9-10H,5-8,11H2,2-3H3. The fourth-order valence-corrected chi connectivity index (χ4v) is 1.11. The highest BCUT2D eigenvalue weighted by Gasteiger charge is 2.06. The van der Waals surface area contributed by atoms with Gasteiger partial charge in [0.1, 0.15) is 0 Å². The number of rotatable bonds is 6. The highest BCUT2D eigenvalue weighted by molar-refractivity contribution is 4.83. The molecule has 2 nitrogen and oxygen atoms in total. The third-order valence-electron chi connectivity index (χ3n) is 1.93. The van der Waals surface area contributed by atoms with Gasteiger partial charge in [-0.25, -0.2) is 0 Å². The number of ether oxygens (including phenoxy) is 1. The lowest BCUT2D eigenvalue weighted by molar-refractivity contribution is 0.103. The zero-order valence-corrected chi connectivity index (χ0v) is 8.05. The Labute approximate surface area is 75.5 Å². The van der Waals surface area contributed by atoms with Gasteiger partial charge in [-0.3, -0.25) is 0 Å². The van der Waals surface area contributed by atoms with Crippen LogP contribution in [0.4, 0.5) is 0 Å². The van der Waals surface area contributed by atoms with Crippen molar-refractivity contribution in [2.24, 2.45) is 5.73 Å². The fourth-order valence-electron chi connectivity index (χ4n) is 1.11. The third-order valence-corrected chi connectivity index (χ3v) is 1.93. The van der Waals surface area contributed by atoms with Crippen molar-refractivity contribution in [1.82, 2.24) is 0 Å². The first-order valence-electron chi connectivity index (χ1n) is 4.42. The zero-order valence-electron chi connectivity index (χ0n) is 8.05. The number of hydrogen-bond acceptors (Lipinski definition) is 2. The largest absolute Gasteiger partial charge is 0.382 e. The van der Waals surface area contributed by atoms with E-state index in [1.54, 1.807) is 7.11 Å². The average molecular weight is 169 g/mol. The second kappa shape index (κ2) is 7.15. The van der Waals surface area contributed by atoms with E-state index in [0.717, 1.165) is 25.7 Å². The Morgan fingerprint density at radius 2 is 2.25 bits per heavy atom. The topological polar surface area (TPSA) is 35.2 Å². The van der Waals surface area contributed by atoms with Crippen molar-refractivity contribution in [3.05, 3.63) is 0 Å². The molecule has 0 bridgehead atoms. The average Bonchev–Trinajstić information content (AvgIpc) is 2.05. The van der Waals surface area contributed by atoms with E-state index < -0.39 is 0 Å². The van der Waals surface area contributed by atoms with Crippen LogP contribution in [0.3, 0.4) is 0 Å². The Morgan fingerprint density at radius 1 is 1.58 bits per heavy atom. The van der Waals surface area contributed by atoms with E-state index >= 15 is 0 Å². The van der Waals surface area contributed by atoms with Gasteiger partial charge in [-0.15, -0.1) is 12.3 Å². The molecule has 0 aliphatic heterocycles. The normalized spacial score (nSPS) is 15.2. The molecule has 0 heterocycles. The number of hydrogen-bond donors (Lipinski definition) is 1. The lowest BCUT2D eigenvalue weighted by Gasteiger charge is -2.15. The zero-order chi connectivity index (χ0) is 9.40. The molecule has 0 aromatic rings. The Morgan fingerprint density at radius 3 is 2.75 bits per heavy atom. The maximum Gasteiger partial charge on any atom is 0.0558 e. The molecular weight excluding hydrogens is 150 g/mol. The maximum atomic E-state index is 5.84. The van der Waals surface area contributed by atoms with Crippen molar-refractivity contribution in [2.75, 3.05) is 7.11 Å². The Hall–Kier alpha value is -0.520. The summed E-state index contributed by atoms with van der Waals surface area (Å²) in [4.78, 5) is 0. The summed E-state index contributed by atoms with van der Waals surface area (Å²) in [5.74, 6) is 2.60. The van der Waals surface area contributed by atoms with Gasteiger partial charge < -0.3 is 10.5 Å². The molecular formula is C10H19NO. The Balaban J connectivity index is 3.33. The van der Waals surface area contributed by atoms with Crippen molar-refractivity contribution in [2.45, 2.75) is 44.8 Å². The van der Waals surface area contributed by atoms with Crippen LogP contribution in [0.1, 0.15) is 32.6 Å². The highest BCUT2D eigenvalue weighted by Crippen LogP contribution is 2.06. The second-order valence-electron chi connectivity index (χ2n) is 3.14. The summed E-state index contributed by atoms with van der Waals surface area (Å²) in [7, 11) is 1.71. The van der Waals surface area contributed by atoms with E-state index in [1.807, 2.05) is 6.92 Å². The molecule has 0 saturated carbocycles. The number of nitrogens with two attached hydrogens (primary N) is 1. The quantitative estimate of drug-likeness (QED) is 0.483. The lowest BCUT2D eigenvalue weighted by Crippen LogP contribution is -2.25. The predicted octanol–water partition coefficient (Wildman–Crippen LogP) is 1.54. The van der Waals surface area contributed by atoms with Gasteiger partial charge in [0.15, 0.2) is 0 Å². The minimum Gasteiger partial charge on any atom is -0.382 e. The van der Waals surface area contributed by atoms with Gasteiger partial charge in [0.25, 0.3) is 0 Å². The molecule has 0 aromatic heterocycles. The van der Waals surface area contributed by atoms with E-state index in [0.29, 0.717) is 0 Å². The molecule has 12 heavy (non-hydrogen) atoms. The smallest absolute Gasteiger partial charge is 0.0558 e.